The molecule has 0 bridgehead atoms. The standard InChI is InChI=1S/C66H78N2O12S/c1-5-61(69)76-39-14-38-75-54-28-19-48(20-29-54)33-40-77-63(70)51-24-26-52(27-25-51)64(71)78-41-34-49-23-32-60(80-47-50-21-30-55(31-22-50)74-36-12-6-7-13-37-79-65(72)66(2,3)4)53(45-49)46-67-68(35-42-73-43-44-81)62-58-17-10-8-15-56(58)57-16-9-11-18-59(57)62/h1,8-11,15-23,28-32,45-46,51-52,62,81H,6-7,12-14,24-27,33-44,47H2,2-4H3/b67-46+. The van der Waals surface area contributed by atoms with Crippen molar-refractivity contribution < 1.29 is 57.1 Å². The Morgan fingerprint density at radius 3 is 1.74 bits per heavy atom. The average Bonchev–Trinajstić information content (AvgIpc) is 4.02. The number of hydrazone groups is 1. The molecule has 1 saturated carbocycles. The third-order valence-corrected chi connectivity index (χ3v) is 14.4. The number of fused-ring (bicyclic) bond motifs is 3. The highest BCUT2D eigenvalue weighted by atomic mass is 32.1. The van der Waals surface area contributed by atoms with Crippen molar-refractivity contribution in [3.05, 3.63) is 149 Å². The van der Waals surface area contributed by atoms with Crippen molar-refractivity contribution >= 4 is 42.7 Å². The molecule has 430 valence electrons. The van der Waals surface area contributed by atoms with Crippen molar-refractivity contribution in [3.63, 3.8) is 0 Å². The van der Waals surface area contributed by atoms with Gasteiger partial charge < -0.3 is 37.9 Å². The summed E-state index contributed by atoms with van der Waals surface area (Å²) in [7, 11) is 0. The van der Waals surface area contributed by atoms with Crippen LogP contribution in [0.3, 0.4) is 0 Å². The summed E-state index contributed by atoms with van der Waals surface area (Å²) in [5.41, 5.74) is 7.94. The van der Waals surface area contributed by atoms with Gasteiger partial charge in [-0.15, -0.1) is 6.42 Å². The zero-order chi connectivity index (χ0) is 57.2. The van der Waals surface area contributed by atoms with Crippen LogP contribution in [0.1, 0.15) is 118 Å². The van der Waals surface area contributed by atoms with E-state index in [9.17, 15) is 19.2 Å². The molecule has 0 heterocycles. The molecule has 0 saturated heterocycles. The van der Waals surface area contributed by atoms with Gasteiger partial charge in [0.05, 0.1) is 88.9 Å². The molecule has 7 rings (SSSR count). The Hall–Kier alpha value is -7.28. The van der Waals surface area contributed by atoms with E-state index in [0.717, 1.165) is 53.7 Å². The van der Waals surface area contributed by atoms with Crippen LogP contribution in [0.2, 0.25) is 0 Å². The van der Waals surface area contributed by atoms with E-state index < -0.39 is 11.4 Å². The van der Waals surface area contributed by atoms with Crippen molar-refractivity contribution in [2.24, 2.45) is 22.4 Å². The molecule has 15 heteroatoms. The second kappa shape index (κ2) is 32.2. The highest BCUT2D eigenvalue weighted by Gasteiger charge is 2.33. The van der Waals surface area contributed by atoms with Gasteiger partial charge in [0.2, 0.25) is 0 Å². The van der Waals surface area contributed by atoms with Crippen LogP contribution in [0.25, 0.3) is 11.1 Å². The minimum atomic E-state index is -0.689. The molecule has 5 aromatic rings. The normalized spacial score (nSPS) is 14.8. The number of unbranched alkanes of at least 4 members (excludes halogenated alkanes) is 3. The summed E-state index contributed by atoms with van der Waals surface area (Å²) in [6, 6.07) is 38.3. The van der Waals surface area contributed by atoms with Gasteiger partial charge in [0.1, 0.15) is 23.9 Å². The first kappa shape index (κ1) is 61.3. The molecule has 14 nitrogen and oxygen atoms in total. The molecular formula is C66H78N2O12S. The van der Waals surface area contributed by atoms with Gasteiger partial charge in [-0.25, -0.2) is 4.79 Å². The number of hydrogen-bond acceptors (Lipinski definition) is 15. The third kappa shape index (κ3) is 19.5. The van der Waals surface area contributed by atoms with Crippen molar-refractivity contribution in [1.82, 2.24) is 5.01 Å². The summed E-state index contributed by atoms with van der Waals surface area (Å²) in [5, 5.41) is 7.30. The third-order valence-electron chi connectivity index (χ3n) is 14.2. The smallest absolute Gasteiger partial charge is 0.384 e. The summed E-state index contributed by atoms with van der Waals surface area (Å²) < 4.78 is 46.0. The van der Waals surface area contributed by atoms with Gasteiger partial charge in [0, 0.05) is 36.5 Å². The molecule has 1 fully saturated rings. The van der Waals surface area contributed by atoms with E-state index in [1.807, 2.05) is 99.6 Å². The van der Waals surface area contributed by atoms with Gasteiger partial charge in [-0.1, -0.05) is 78.9 Å². The fourth-order valence-corrected chi connectivity index (χ4v) is 9.80. The van der Waals surface area contributed by atoms with E-state index in [-0.39, 0.29) is 55.6 Å². The molecule has 0 N–H and O–H groups in total. The molecule has 5 aromatic carbocycles. The number of thiol groups is 1. The average molecular weight is 1120 g/mol. The predicted octanol–water partition coefficient (Wildman–Crippen LogP) is 11.8. The molecule has 0 aromatic heterocycles. The summed E-state index contributed by atoms with van der Waals surface area (Å²) in [5.74, 6) is 2.76. The summed E-state index contributed by atoms with van der Waals surface area (Å²) in [6.07, 6.45) is 14.3. The van der Waals surface area contributed by atoms with Crippen LogP contribution in [-0.4, -0.2) is 100 Å². The van der Waals surface area contributed by atoms with Gasteiger partial charge in [0.25, 0.3) is 0 Å². The summed E-state index contributed by atoms with van der Waals surface area (Å²) >= 11 is 4.36. The Morgan fingerprint density at radius 2 is 1.15 bits per heavy atom. The zero-order valence-electron chi connectivity index (χ0n) is 47.2. The van der Waals surface area contributed by atoms with Crippen LogP contribution < -0.4 is 14.2 Å². The Kier molecular flexibility index (Phi) is 24.4. The van der Waals surface area contributed by atoms with Crippen molar-refractivity contribution in [2.45, 2.75) is 104 Å². The number of hydrogen-bond donors (Lipinski definition) is 1. The number of esters is 4. The first-order valence-electron chi connectivity index (χ1n) is 28.4. The highest BCUT2D eigenvalue weighted by Crippen LogP contribution is 2.46. The lowest BCUT2D eigenvalue weighted by Crippen LogP contribution is -2.29. The van der Waals surface area contributed by atoms with Crippen LogP contribution in [0, 0.1) is 29.6 Å². The maximum atomic E-state index is 13.4. The Balaban J connectivity index is 0.920. The van der Waals surface area contributed by atoms with Gasteiger partial charge in [-0.2, -0.15) is 17.7 Å². The molecular weight excluding hydrogens is 1040 g/mol. The number of carbonyl (C=O) groups is 4. The Morgan fingerprint density at radius 1 is 0.605 bits per heavy atom. The number of rotatable bonds is 32. The van der Waals surface area contributed by atoms with Crippen LogP contribution in [0.5, 0.6) is 17.2 Å². The van der Waals surface area contributed by atoms with Gasteiger partial charge in [-0.3, -0.25) is 19.4 Å². The maximum absolute atomic E-state index is 13.4. The van der Waals surface area contributed by atoms with Crippen molar-refractivity contribution in [2.75, 3.05) is 65.2 Å². The molecule has 0 atom stereocenters. The first-order chi connectivity index (χ1) is 39.4. The van der Waals surface area contributed by atoms with Crippen LogP contribution in [0.15, 0.2) is 120 Å². The first-order valence-corrected chi connectivity index (χ1v) is 29.0. The van der Waals surface area contributed by atoms with Gasteiger partial charge >= 0.3 is 23.9 Å². The number of carbonyl (C=O) groups excluding carboxylic acids is 4. The van der Waals surface area contributed by atoms with E-state index in [0.29, 0.717) is 108 Å². The lowest BCUT2D eigenvalue weighted by molar-refractivity contribution is -0.155. The molecule has 2 aliphatic carbocycles. The quantitative estimate of drug-likeness (QED) is 0.00635. The van der Waals surface area contributed by atoms with E-state index in [4.69, 9.17) is 49.4 Å². The van der Waals surface area contributed by atoms with Crippen molar-refractivity contribution in [1.29, 1.82) is 0 Å². The molecule has 0 radical (unpaired) electrons. The molecule has 0 unspecified atom stereocenters. The van der Waals surface area contributed by atoms with E-state index in [1.54, 1.807) is 0 Å². The SMILES string of the molecule is C#CC(=O)OCCCOc1ccc(CCOC(=O)C2CCC(C(=O)OCCc3ccc(OCc4ccc(OCCCCCCOC(=O)C(C)(C)C)cc4)c(/C=N/N(CCOCCS)C4c5ccccc5-c5ccccc54)c3)CC2)cc1. The lowest BCUT2D eigenvalue weighted by atomic mass is 9.82. The minimum absolute atomic E-state index is 0.137. The van der Waals surface area contributed by atoms with Gasteiger partial charge in [0.15, 0.2) is 0 Å². The molecule has 0 aliphatic heterocycles. The second-order valence-corrected chi connectivity index (χ2v) is 21.7. The molecule has 81 heavy (non-hydrogen) atoms. The number of benzene rings is 5. The fraction of sp³-hybridized carbons (Fsp3) is 0.439. The summed E-state index contributed by atoms with van der Waals surface area (Å²) in [4.78, 5) is 49.5. The number of nitrogens with zero attached hydrogens (tertiary/aromatic N) is 2. The fourth-order valence-electron chi connectivity index (χ4n) is 9.67. The lowest BCUT2D eigenvalue weighted by Gasteiger charge is -2.28. The van der Waals surface area contributed by atoms with Crippen LogP contribution in [-0.2, 0) is 62.3 Å². The summed E-state index contributed by atoms with van der Waals surface area (Å²) in [6.45, 7) is 9.47. The zero-order valence-corrected chi connectivity index (χ0v) is 48.0. The van der Waals surface area contributed by atoms with Crippen LogP contribution in [0.4, 0.5) is 0 Å². The monoisotopic (exact) mass is 1120 g/mol. The molecule has 2 aliphatic rings. The van der Waals surface area contributed by atoms with E-state index in [2.05, 4.69) is 66.2 Å². The largest absolute Gasteiger partial charge is 0.494 e. The number of ether oxygens (including phenoxy) is 8. The topological polar surface area (TPSA) is 158 Å². The minimum Gasteiger partial charge on any atom is -0.494 e. The molecule has 0 amide bonds. The van der Waals surface area contributed by atoms with Crippen LogP contribution >= 0.6 is 12.6 Å². The predicted molar refractivity (Wildman–Crippen MR) is 315 cm³/mol. The Bertz CT molecular complexity index is 2820. The van der Waals surface area contributed by atoms with E-state index in [1.165, 1.54) is 22.3 Å². The second-order valence-electron chi connectivity index (χ2n) is 21.3. The Labute approximate surface area is 483 Å². The number of terminal acetylenes is 1. The van der Waals surface area contributed by atoms with E-state index >= 15 is 0 Å². The van der Waals surface area contributed by atoms with Crippen molar-refractivity contribution in [3.8, 4) is 40.7 Å². The maximum Gasteiger partial charge on any atom is 0.384 e. The van der Waals surface area contributed by atoms with Gasteiger partial charge in [-0.05, 0) is 147 Å². The molecule has 0 spiro atoms. The highest BCUT2D eigenvalue weighted by molar-refractivity contribution is 7.80.